The zero-order chi connectivity index (χ0) is 16.2. The molecule has 1 aliphatic heterocycles. The van der Waals surface area contributed by atoms with Crippen molar-refractivity contribution in [1.29, 1.82) is 0 Å². The number of aromatic nitrogens is 2. The number of nitrogens with one attached hydrogen (secondary N) is 1. The molecule has 0 atom stereocenters. The van der Waals surface area contributed by atoms with Gasteiger partial charge in [-0.25, -0.2) is 9.97 Å². The first kappa shape index (κ1) is 16.0. The number of benzene rings is 1. The Bertz CT molecular complexity index is 700. The van der Waals surface area contributed by atoms with Crippen LogP contribution < -0.4 is 10.2 Å². The van der Waals surface area contributed by atoms with Gasteiger partial charge in [0.2, 0.25) is 5.95 Å². The largest absolute Gasteiger partial charge is 0.347 e. The molecule has 1 saturated heterocycles. The molecule has 1 fully saturated rings. The minimum absolute atomic E-state index is 0.206. The first-order valence-electron chi connectivity index (χ1n) is 7.43. The van der Waals surface area contributed by atoms with Gasteiger partial charge in [-0.3, -0.25) is 4.79 Å². The van der Waals surface area contributed by atoms with Crippen molar-refractivity contribution in [2.24, 2.45) is 0 Å². The van der Waals surface area contributed by atoms with Crippen LogP contribution in [0.2, 0.25) is 10.0 Å². The van der Waals surface area contributed by atoms with Gasteiger partial charge in [0.1, 0.15) is 0 Å². The van der Waals surface area contributed by atoms with Gasteiger partial charge in [-0.2, -0.15) is 0 Å². The molecule has 1 aliphatic rings. The highest BCUT2D eigenvalue weighted by atomic mass is 35.5. The highest BCUT2D eigenvalue weighted by Crippen LogP contribution is 2.20. The van der Waals surface area contributed by atoms with Crippen molar-refractivity contribution in [3.05, 3.63) is 51.8 Å². The minimum atomic E-state index is -0.312. The van der Waals surface area contributed by atoms with Crippen LogP contribution in [0.4, 0.5) is 5.95 Å². The maximum Gasteiger partial charge on any atom is 0.271 e. The van der Waals surface area contributed by atoms with Crippen molar-refractivity contribution >= 4 is 35.1 Å². The van der Waals surface area contributed by atoms with Crippen molar-refractivity contribution in [3.8, 4) is 0 Å². The fourth-order valence-electron chi connectivity index (χ4n) is 2.45. The van der Waals surface area contributed by atoms with Crippen LogP contribution in [0.25, 0.3) is 0 Å². The summed E-state index contributed by atoms with van der Waals surface area (Å²) in [6, 6.07) is 7.29. The third-order valence-electron chi connectivity index (χ3n) is 3.70. The van der Waals surface area contributed by atoms with E-state index in [4.69, 9.17) is 23.2 Å². The second-order valence-electron chi connectivity index (χ2n) is 5.37. The Hall–Kier alpha value is -1.85. The first-order valence-corrected chi connectivity index (χ1v) is 8.19. The zero-order valence-corrected chi connectivity index (χ0v) is 13.9. The highest BCUT2D eigenvalue weighted by Gasteiger charge is 2.19. The van der Waals surface area contributed by atoms with Crippen molar-refractivity contribution in [1.82, 2.24) is 15.3 Å². The number of rotatable bonds is 4. The molecule has 1 aromatic heterocycles. The van der Waals surface area contributed by atoms with E-state index in [0.717, 1.165) is 31.5 Å². The second kappa shape index (κ2) is 7.15. The lowest BCUT2D eigenvalue weighted by molar-refractivity contribution is 0.0946. The van der Waals surface area contributed by atoms with Gasteiger partial charge in [0.05, 0.1) is 11.2 Å². The standard InChI is InChI=1S/C16H16Cl2N4O/c17-12-5-3-11(4-6-12)9-19-15(23)14-13(18)10-20-16(21-14)22-7-1-2-8-22/h3-6,10H,1-2,7-9H2,(H,19,23). The van der Waals surface area contributed by atoms with Crippen LogP contribution in [0.3, 0.4) is 0 Å². The summed E-state index contributed by atoms with van der Waals surface area (Å²) < 4.78 is 0. The first-order chi connectivity index (χ1) is 11.1. The molecule has 7 heteroatoms. The van der Waals surface area contributed by atoms with Gasteiger partial charge in [0, 0.05) is 24.7 Å². The molecular formula is C16H16Cl2N4O. The average molecular weight is 351 g/mol. The van der Waals surface area contributed by atoms with E-state index < -0.39 is 0 Å². The molecule has 120 valence electrons. The second-order valence-corrected chi connectivity index (χ2v) is 6.21. The van der Waals surface area contributed by atoms with Gasteiger partial charge in [-0.15, -0.1) is 0 Å². The van der Waals surface area contributed by atoms with E-state index in [1.54, 1.807) is 12.1 Å². The Morgan fingerprint density at radius 1 is 1.17 bits per heavy atom. The Morgan fingerprint density at radius 2 is 1.87 bits per heavy atom. The number of hydrogen-bond donors (Lipinski definition) is 1. The highest BCUT2D eigenvalue weighted by molar-refractivity contribution is 6.33. The third-order valence-corrected chi connectivity index (χ3v) is 4.23. The molecular weight excluding hydrogens is 335 g/mol. The number of carbonyl (C=O) groups excluding carboxylic acids is 1. The molecule has 0 radical (unpaired) electrons. The van der Waals surface area contributed by atoms with E-state index >= 15 is 0 Å². The molecule has 0 unspecified atom stereocenters. The van der Waals surface area contributed by atoms with Crippen LogP contribution in [0, 0.1) is 0 Å². The smallest absolute Gasteiger partial charge is 0.271 e. The fourth-order valence-corrected chi connectivity index (χ4v) is 2.76. The molecule has 0 saturated carbocycles. The number of anilines is 1. The van der Waals surface area contributed by atoms with Gasteiger partial charge < -0.3 is 10.2 Å². The molecule has 0 bridgehead atoms. The van der Waals surface area contributed by atoms with E-state index in [1.807, 2.05) is 12.1 Å². The van der Waals surface area contributed by atoms with Crippen molar-refractivity contribution in [2.45, 2.75) is 19.4 Å². The minimum Gasteiger partial charge on any atom is -0.347 e. The molecule has 0 aliphatic carbocycles. The average Bonchev–Trinajstić information content (AvgIpc) is 3.09. The normalized spacial score (nSPS) is 14.1. The van der Waals surface area contributed by atoms with E-state index in [9.17, 15) is 4.79 Å². The van der Waals surface area contributed by atoms with Crippen LogP contribution >= 0.6 is 23.2 Å². The van der Waals surface area contributed by atoms with Crippen molar-refractivity contribution in [3.63, 3.8) is 0 Å². The van der Waals surface area contributed by atoms with Gasteiger partial charge in [0.25, 0.3) is 5.91 Å². The van der Waals surface area contributed by atoms with Crippen LogP contribution in [-0.2, 0) is 6.54 Å². The maximum absolute atomic E-state index is 12.3. The Labute approximate surface area is 144 Å². The summed E-state index contributed by atoms with van der Waals surface area (Å²) in [7, 11) is 0. The molecule has 1 amide bonds. The monoisotopic (exact) mass is 350 g/mol. The SMILES string of the molecule is O=C(NCc1ccc(Cl)cc1)c1nc(N2CCCC2)ncc1Cl. The van der Waals surface area contributed by atoms with Gasteiger partial charge in [-0.05, 0) is 30.5 Å². The van der Waals surface area contributed by atoms with Gasteiger partial charge >= 0.3 is 0 Å². The zero-order valence-electron chi connectivity index (χ0n) is 12.4. The van der Waals surface area contributed by atoms with E-state index in [-0.39, 0.29) is 16.6 Å². The van der Waals surface area contributed by atoms with Crippen LogP contribution in [0.5, 0.6) is 0 Å². The van der Waals surface area contributed by atoms with E-state index in [1.165, 1.54) is 6.20 Å². The summed E-state index contributed by atoms with van der Waals surface area (Å²) >= 11 is 11.9. The quantitative estimate of drug-likeness (QED) is 0.918. The van der Waals surface area contributed by atoms with E-state index in [2.05, 4.69) is 20.2 Å². The maximum atomic E-state index is 12.3. The Balaban J connectivity index is 1.70. The Kier molecular flexibility index (Phi) is 4.98. The molecule has 0 spiro atoms. The summed E-state index contributed by atoms with van der Waals surface area (Å²) in [4.78, 5) is 23.0. The number of amides is 1. The summed E-state index contributed by atoms with van der Waals surface area (Å²) in [5, 5.41) is 3.73. The number of halogens is 2. The fraction of sp³-hybridized carbons (Fsp3) is 0.312. The van der Waals surface area contributed by atoms with Crippen molar-refractivity contribution in [2.75, 3.05) is 18.0 Å². The Morgan fingerprint density at radius 3 is 2.57 bits per heavy atom. The van der Waals surface area contributed by atoms with Crippen LogP contribution in [-0.4, -0.2) is 29.0 Å². The molecule has 2 heterocycles. The van der Waals surface area contributed by atoms with Gasteiger partial charge in [0.15, 0.2) is 5.69 Å². The summed E-state index contributed by atoms with van der Waals surface area (Å²) in [6.07, 6.45) is 3.72. The lowest BCUT2D eigenvalue weighted by Gasteiger charge is -2.16. The molecule has 2 aromatic rings. The molecule has 3 rings (SSSR count). The van der Waals surface area contributed by atoms with Crippen LogP contribution in [0.1, 0.15) is 28.9 Å². The summed E-state index contributed by atoms with van der Waals surface area (Å²) in [5.74, 6) is 0.247. The third kappa shape index (κ3) is 3.92. The predicted octanol–water partition coefficient (Wildman–Crippen LogP) is 3.31. The lowest BCUT2D eigenvalue weighted by Crippen LogP contribution is -2.26. The molecule has 1 N–H and O–H groups in total. The number of carbonyl (C=O) groups is 1. The lowest BCUT2D eigenvalue weighted by atomic mass is 10.2. The van der Waals surface area contributed by atoms with Crippen LogP contribution in [0.15, 0.2) is 30.5 Å². The van der Waals surface area contributed by atoms with Gasteiger partial charge in [-0.1, -0.05) is 35.3 Å². The predicted molar refractivity (Wildman–Crippen MR) is 91.1 cm³/mol. The van der Waals surface area contributed by atoms with Crippen molar-refractivity contribution < 1.29 is 4.79 Å². The molecule has 23 heavy (non-hydrogen) atoms. The summed E-state index contributed by atoms with van der Waals surface area (Å²) in [6.45, 7) is 2.20. The topological polar surface area (TPSA) is 58.1 Å². The molecule has 1 aromatic carbocycles. The summed E-state index contributed by atoms with van der Waals surface area (Å²) in [5.41, 5.74) is 1.16. The number of nitrogens with zero attached hydrogens (tertiary/aromatic N) is 3. The van der Waals surface area contributed by atoms with E-state index in [0.29, 0.717) is 17.5 Å². The molecule has 5 nitrogen and oxygen atoms in total. The number of hydrogen-bond acceptors (Lipinski definition) is 4.